The number of nitrogens with two attached hydrogens (primary N) is 3. The highest BCUT2D eigenvalue weighted by molar-refractivity contribution is 8.76. The lowest BCUT2D eigenvalue weighted by molar-refractivity contribution is -0.137. The summed E-state index contributed by atoms with van der Waals surface area (Å²) in [5.41, 5.74) is 17.6. The molecule has 1 aliphatic heterocycles. The van der Waals surface area contributed by atoms with Gasteiger partial charge in [0.2, 0.25) is 65.0 Å². The number of aliphatic hydroxyl groups excluding tert-OH is 1. The van der Waals surface area contributed by atoms with Crippen LogP contribution >= 0.6 is 21.6 Å². The average Bonchev–Trinajstić information content (AvgIpc) is 3.42. The Morgan fingerprint density at radius 1 is 0.642 bits per heavy atom. The standard InChI is InChI=1S/C50H83N15O14S2/c1-27(2)19-33-46(74)62-32(13-10-14-56-50(53)54)44(72)57-22-38(68)61-36(42(52)70)26-81-80-25-31(51)43(71)55-15-16-78-17-18-79-24-39(69)60-35(23-66)47(75)64-41(29(5)6)49(77)65-40(28(3)4)48(76)63-34(20-30-11-8-7-9-12-30)45(73)58-21-37(67)59-33/h7-9,11-12,27-29,31-36,40-41,66H,10,13-26,51H2,1-6H3,(H2,52,70)(H,55,71)(H,57,72)(H,58,73)(H,59,67)(H,60,69)(H,61,68)(H,62,74)(H,63,76)(H,64,75)(H,65,77)(H4,53,54,56). The Labute approximate surface area is 479 Å². The van der Waals surface area contributed by atoms with Gasteiger partial charge >= 0.3 is 0 Å². The molecule has 81 heavy (non-hydrogen) atoms. The normalized spacial score (nSPS) is 24.7. The highest BCUT2D eigenvalue weighted by Crippen LogP contribution is 2.22. The number of hydrogen-bond acceptors (Lipinski definition) is 18. The molecule has 0 aliphatic carbocycles. The lowest BCUT2D eigenvalue weighted by atomic mass is 9.98. The van der Waals surface area contributed by atoms with Crippen LogP contribution < -0.4 is 75.7 Å². The molecule has 2 rings (SSSR count). The minimum Gasteiger partial charge on any atom is -0.394 e. The SMILES string of the molecule is CC(C)CC1NC(=O)CNC(=O)C(Cc2ccccc2)NC(=O)C(C(C)C)NC(=O)C(C(C)C)NC(=O)C(CO)NC(=O)COCCOCCNC(=O)C(N)CSSCC(C(N)=O)NC(=O)CNC(=O)C(CCCNC(=N)N)NC1=O. The molecule has 0 aromatic heterocycles. The molecule has 0 bridgehead atoms. The van der Waals surface area contributed by atoms with Gasteiger partial charge in [-0.25, -0.2) is 0 Å². The Morgan fingerprint density at radius 3 is 1.78 bits per heavy atom. The van der Waals surface area contributed by atoms with Crippen molar-refractivity contribution in [2.45, 2.75) is 116 Å². The van der Waals surface area contributed by atoms with E-state index in [0.717, 1.165) is 21.6 Å². The molecule has 8 unspecified atom stereocenters. The molecule has 454 valence electrons. The van der Waals surface area contributed by atoms with E-state index < -0.39 is 151 Å². The zero-order valence-electron chi connectivity index (χ0n) is 46.6. The van der Waals surface area contributed by atoms with E-state index in [4.69, 9.17) is 32.1 Å². The Hall–Kier alpha value is -6.80. The van der Waals surface area contributed by atoms with E-state index in [1.165, 1.54) is 0 Å². The average molecular weight is 1180 g/mol. The molecule has 19 N–H and O–H groups in total. The first-order valence-corrected chi connectivity index (χ1v) is 28.9. The smallest absolute Gasteiger partial charge is 0.246 e. The maximum Gasteiger partial charge on any atom is 0.246 e. The van der Waals surface area contributed by atoms with Crippen LogP contribution in [0.1, 0.15) is 66.4 Å². The first kappa shape index (κ1) is 70.3. The number of amides is 11. The van der Waals surface area contributed by atoms with Gasteiger partial charge in [-0.15, -0.1) is 0 Å². The number of carbonyl (C=O) groups excluding carboxylic acids is 11. The van der Waals surface area contributed by atoms with E-state index in [0.29, 0.717) is 5.56 Å². The summed E-state index contributed by atoms with van der Waals surface area (Å²) in [5.74, 6) is -10.3. The molecule has 31 heteroatoms. The van der Waals surface area contributed by atoms with Crippen LogP contribution in [0.5, 0.6) is 0 Å². The van der Waals surface area contributed by atoms with Gasteiger partial charge in [0.25, 0.3) is 0 Å². The second-order valence-electron chi connectivity index (χ2n) is 19.9. The van der Waals surface area contributed by atoms with Crippen LogP contribution in [0.25, 0.3) is 0 Å². The summed E-state index contributed by atoms with van der Waals surface area (Å²) in [6.07, 6.45) is 0.164. The zero-order chi connectivity index (χ0) is 60.6. The van der Waals surface area contributed by atoms with Crippen LogP contribution in [0.3, 0.4) is 0 Å². The molecule has 11 amide bonds. The van der Waals surface area contributed by atoms with E-state index in [-0.39, 0.29) is 82.0 Å². The molecule has 29 nitrogen and oxygen atoms in total. The molecule has 0 radical (unpaired) electrons. The largest absolute Gasteiger partial charge is 0.394 e. The third kappa shape index (κ3) is 28.5. The Kier molecular flexibility index (Phi) is 33.0. The maximum atomic E-state index is 14.1. The van der Waals surface area contributed by atoms with E-state index in [1.54, 1.807) is 71.9 Å². The van der Waals surface area contributed by atoms with Gasteiger partial charge in [-0.2, -0.15) is 0 Å². The predicted molar refractivity (Wildman–Crippen MR) is 302 cm³/mol. The summed E-state index contributed by atoms with van der Waals surface area (Å²) in [4.78, 5) is 147. The number of primary amides is 1. The van der Waals surface area contributed by atoms with E-state index in [1.807, 2.05) is 0 Å². The van der Waals surface area contributed by atoms with E-state index in [9.17, 15) is 57.8 Å². The fraction of sp³-hybridized carbons (Fsp3) is 0.640. The van der Waals surface area contributed by atoms with Crippen LogP contribution in [0.4, 0.5) is 0 Å². The number of guanidine groups is 1. The molecular weight excluding hydrogens is 1100 g/mol. The summed E-state index contributed by atoms with van der Waals surface area (Å²) in [6.45, 7) is 7.57. The molecule has 0 spiro atoms. The number of carbonyl (C=O) groups is 11. The van der Waals surface area contributed by atoms with Crippen LogP contribution in [-0.2, 0) is 68.6 Å². The number of benzene rings is 1. The van der Waals surface area contributed by atoms with Gasteiger partial charge in [0, 0.05) is 31.0 Å². The molecule has 1 aliphatic rings. The summed E-state index contributed by atoms with van der Waals surface area (Å²) < 4.78 is 10.8. The molecule has 1 fully saturated rings. The monoisotopic (exact) mass is 1180 g/mol. The van der Waals surface area contributed by atoms with Gasteiger partial charge in [0.1, 0.15) is 48.9 Å². The molecule has 1 aromatic carbocycles. The first-order chi connectivity index (χ1) is 38.3. The second-order valence-corrected chi connectivity index (χ2v) is 22.4. The molecule has 1 heterocycles. The van der Waals surface area contributed by atoms with Crippen LogP contribution in [0.2, 0.25) is 0 Å². The summed E-state index contributed by atoms with van der Waals surface area (Å²) in [5, 5.41) is 45.5. The maximum absolute atomic E-state index is 14.1. The van der Waals surface area contributed by atoms with Crippen molar-refractivity contribution in [1.82, 2.24) is 58.5 Å². The van der Waals surface area contributed by atoms with E-state index >= 15 is 0 Å². The van der Waals surface area contributed by atoms with Gasteiger partial charge in [-0.3, -0.25) is 58.1 Å². The van der Waals surface area contributed by atoms with E-state index in [2.05, 4.69) is 58.5 Å². The van der Waals surface area contributed by atoms with Crippen LogP contribution in [0, 0.1) is 23.2 Å². The Balaban J connectivity index is 2.43. The lowest BCUT2D eigenvalue weighted by Crippen LogP contribution is -2.61. The van der Waals surface area contributed by atoms with Crippen molar-refractivity contribution < 1.29 is 67.3 Å². The van der Waals surface area contributed by atoms with Crippen molar-refractivity contribution in [1.29, 1.82) is 5.41 Å². The van der Waals surface area contributed by atoms with Gasteiger partial charge in [-0.05, 0) is 42.6 Å². The van der Waals surface area contributed by atoms with Gasteiger partial charge in [0.05, 0.1) is 45.6 Å². The number of nitrogens with one attached hydrogen (secondary N) is 12. The number of rotatable bonds is 12. The zero-order valence-corrected chi connectivity index (χ0v) is 48.3. The lowest BCUT2D eigenvalue weighted by Gasteiger charge is -2.29. The third-order valence-electron chi connectivity index (χ3n) is 11.8. The third-order valence-corrected chi connectivity index (χ3v) is 14.2. The Bertz CT molecular complexity index is 2270. The predicted octanol–water partition coefficient (Wildman–Crippen LogP) is -5.17. The summed E-state index contributed by atoms with van der Waals surface area (Å²) in [7, 11) is 2.23. The number of ether oxygens (including phenoxy) is 2. The van der Waals surface area contributed by atoms with Crippen molar-refractivity contribution >= 4 is 92.5 Å². The number of aliphatic hydroxyl groups is 1. The van der Waals surface area contributed by atoms with Crippen molar-refractivity contribution in [2.75, 3.05) is 70.7 Å². The minimum atomic E-state index is -1.51. The number of hydrogen-bond donors (Lipinski definition) is 16. The van der Waals surface area contributed by atoms with Gasteiger partial charge < -0.3 is 90.3 Å². The quantitative estimate of drug-likeness (QED) is 0.0403. The highest BCUT2D eigenvalue weighted by Gasteiger charge is 2.35. The second kappa shape index (κ2) is 38.0. The highest BCUT2D eigenvalue weighted by atomic mass is 33.1. The summed E-state index contributed by atoms with van der Waals surface area (Å²) in [6, 6.07) is -1.51. The van der Waals surface area contributed by atoms with Crippen LogP contribution in [-0.4, -0.2) is 195 Å². The first-order valence-electron chi connectivity index (χ1n) is 26.4. The van der Waals surface area contributed by atoms with Crippen LogP contribution in [0.15, 0.2) is 30.3 Å². The topological polar surface area (TPSA) is 461 Å². The molecule has 1 saturated heterocycles. The minimum absolute atomic E-state index is 0.00844. The summed E-state index contributed by atoms with van der Waals surface area (Å²) >= 11 is 0. The Morgan fingerprint density at radius 2 is 1.19 bits per heavy atom. The van der Waals surface area contributed by atoms with Crippen molar-refractivity contribution in [3.8, 4) is 0 Å². The van der Waals surface area contributed by atoms with Gasteiger partial charge in [-0.1, -0.05) is 93.5 Å². The van der Waals surface area contributed by atoms with Crippen molar-refractivity contribution in [3.63, 3.8) is 0 Å². The molecular formula is C50H83N15O14S2. The molecule has 1 aromatic rings. The fourth-order valence-electron chi connectivity index (χ4n) is 7.43. The molecule has 0 saturated carbocycles. The van der Waals surface area contributed by atoms with Gasteiger partial charge in [0.15, 0.2) is 5.96 Å². The van der Waals surface area contributed by atoms with Crippen molar-refractivity contribution in [2.24, 2.45) is 35.0 Å². The molecule has 8 atom stereocenters. The fourth-order valence-corrected chi connectivity index (χ4v) is 9.73. The van der Waals surface area contributed by atoms with Crippen molar-refractivity contribution in [3.05, 3.63) is 35.9 Å².